The second kappa shape index (κ2) is 7.14. The molecule has 1 aliphatic rings. The van der Waals surface area contributed by atoms with Crippen LogP contribution in [-0.2, 0) is 0 Å². The van der Waals surface area contributed by atoms with E-state index in [9.17, 15) is 4.79 Å². The zero-order chi connectivity index (χ0) is 16.2. The standard InChI is InChI=1S/C15H18ClN5OS/c1-17-12-13(16)18-10-19-14(12)20-5-3-6-21(8-7-20)15(22)11-4-2-9-23-11/h2,4,9-10,17H,3,5-8H2,1H3. The lowest BCUT2D eigenvalue weighted by atomic mass is 10.3. The number of aromatic nitrogens is 2. The average Bonchev–Trinajstić information content (AvgIpc) is 2.99. The molecule has 8 heteroatoms. The van der Waals surface area contributed by atoms with Gasteiger partial charge in [0.2, 0.25) is 0 Å². The molecule has 0 radical (unpaired) electrons. The van der Waals surface area contributed by atoms with Gasteiger partial charge in [0.1, 0.15) is 12.0 Å². The Morgan fingerprint density at radius 1 is 1.30 bits per heavy atom. The van der Waals surface area contributed by atoms with Crippen LogP contribution < -0.4 is 10.2 Å². The van der Waals surface area contributed by atoms with E-state index in [1.807, 2.05) is 22.4 Å². The molecule has 2 aromatic heterocycles. The van der Waals surface area contributed by atoms with Crippen LogP contribution in [-0.4, -0.2) is 54.0 Å². The zero-order valence-corrected chi connectivity index (χ0v) is 14.4. The number of nitrogens with one attached hydrogen (secondary N) is 1. The van der Waals surface area contributed by atoms with Gasteiger partial charge >= 0.3 is 0 Å². The maximum Gasteiger partial charge on any atom is 0.263 e. The van der Waals surface area contributed by atoms with Crippen LogP contribution >= 0.6 is 22.9 Å². The molecule has 0 aromatic carbocycles. The summed E-state index contributed by atoms with van der Waals surface area (Å²) in [5.74, 6) is 0.898. The van der Waals surface area contributed by atoms with Gasteiger partial charge in [0.05, 0.1) is 4.88 Å². The quantitative estimate of drug-likeness (QED) is 0.861. The number of hydrogen-bond donors (Lipinski definition) is 1. The van der Waals surface area contributed by atoms with Crippen molar-refractivity contribution >= 4 is 40.4 Å². The molecule has 1 aliphatic heterocycles. The van der Waals surface area contributed by atoms with Crippen molar-refractivity contribution in [3.05, 3.63) is 33.9 Å². The minimum Gasteiger partial charge on any atom is -0.383 e. The van der Waals surface area contributed by atoms with Gasteiger partial charge in [-0.25, -0.2) is 9.97 Å². The lowest BCUT2D eigenvalue weighted by Gasteiger charge is -2.24. The van der Waals surface area contributed by atoms with Gasteiger partial charge in [-0.1, -0.05) is 17.7 Å². The molecule has 122 valence electrons. The van der Waals surface area contributed by atoms with Gasteiger partial charge in [-0.05, 0) is 17.9 Å². The molecule has 0 unspecified atom stereocenters. The van der Waals surface area contributed by atoms with Crippen LogP contribution in [0.3, 0.4) is 0 Å². The highest BCUT2D eigenvalue weighted by molar-refractivity contribution is 7.12. The second-order valence-electron chi connectivity index (χ2n) is 5.22. The van der Waals surface area contributed by atoms with Gasteiger partial charge in [0.15, 0.2) is 11.0 Å². The Labute approximate surface area is 144 Å². The van der Waals surface area contributed by atoms with Crippen LogP contribution in [0.4, 0.5) is 11.5 Å². The number of halogens is 1. The van der Waals surface area contributed by atoms with Crippen LogP contribution in [0.1, 0.15) is 16.1 Å². The first-order valence-corrected chi connectivity index (χ1v) is 8.72. The maximum absolute atomic E-state index is 12.5. The SMILES string of the molecule is CNc1c(Cl)ncnc1N1CCCN(C(=O)c2cccs2)CC1. The van der Waals surface area contributed by atoms with Gasteiger partial charge in [-0.15, -0.1) is 11.3 Å². The van der Waals surface area contributed by atoms with E-state index in [-0.39, 0.29) is 5.91 Å². The van der Waals surface area contributed by atoms with E-state index in [0.717, 1.165) is 42.4 Å². The number of rotatable bonds is 3. The molecule has 0 saturated carbocycles. The Balaban J connectivity index is 1.74. The summed E-state index contributed by atoms with van der Waals surface area (Å²) >= 11 is 7.62. The average molecular weight is 352 g/mol. The molecule has 0 aliphatic carbocycles. The minimum atomic E-state index is 0.108. The van der Waals surface area contributed by atoms with Gasteiger partial charge in [0, 0.05) is 33.2 Å². The summed E-state index contributed by atoms with van der Waals surface area (Å²) in [6.45, 7) is 2.97. The predicted molar refractivity (Wildman–Crippen MR) is 93.6 cm³/mol. The molecule has 1 amide bonds. The van der Waals surface area contributed by atoms with E-state index in [1.54, 1.807) is 7.05 Å². The molecular formula is C15H18ClN5OS. The van der Waals surface area contributed by atoms with Crippen LogP contribution in [0.15, 0.2) is 23.8 Å². The van der Waals surface area contributed by atoms with Crippen molar-refractivity contribution in [2.24, 2.45) is 0 Å². The van der Waals surface area contributed by atoms with Crippen LogP contribution in [0.25, 0.3) is 0 Å². The van der Waals surface area contributed by atoms with Crippen LogP contribution in [0, 0.1) is 0 Å². The fourth-order valence-electron chi connectivity index (χ4n) is 2.70. The summed E-state index contributed by atoms with van der Waals surface area (Å²) < 4.78 is 0. The Morgan fingerprint density at radius 3 is 2.91 bits per heavy atom. The van der Waals surface area contributed by atoms with Crippen molar-refractivity contribution in [3.8, 4) is 0 Å². The predicted octanol–water partition coefficient (Wildman–Crippen LogP) is 2.59. The van der Waals surface area contributed by atoms with E-state index >= 15 is 0 Å². The first kappa shape index (κ1) is 16.0. The number of amides is 1. The largest absolute Gasteiger partial charge is 0.383 e. The normalized spacial score (nSPS) is 15.4. The second-order valence-corrected chi connectivity index (χ2v) is 6.53. The first-order chi connectivity index (χ1) is 11.2. The van der Waals surface area contributed by atoms with Gasteiger partial charge in [0.25, 0.3) is 5.91 Å². The number of thiophene rings is 1. The first-order valence-electron chi connectivity index (χ1n) is 7.46. The van der Waals surface area contributed by atoms with Crippen molar-refractivity contribution in [1.29, 1.82) is 0 Å². The fourth-order valence-corrected chi connectivity index (χ4v) is 3.61. The van der Waals surface area contributed by atoms with E-state index in [0.29, 0.717) is 11.7 Å². The summed E-state index contributed by atoms with van der Waals surface area (Å²) in [5.41, 5.74) is 0.729. The summed E-state index contributed by atoms with van der Waals surface area (Å²) in [6.07, 6.45) is 2.36. The lowest BCUT2D eigenvalue weighted by molar-refractivity contribution is 0.0772. The smallest absolute Gasteiger partial charge is 0.263 e. The van der Waals surface area contributed by atoms with Crippen molar-refractivity contribution in [2.75, 3.05) is 43.4 Å². The van der Waals surface area contributed by atoms with Crippen molar-refractivity contribution in [2.45, 2.75) is 6.42 Å². The van der Waals surface area contributed by atoms with Crippen LogP contribution in [0.5, 0.6) is 0 Å². The molecule has 0 spiro atoms. The summed E-state index contributed by atoms with van der Waals surface area (Å²) in [6, 6.07) is 3.78. The Hall–Kier alpha value is -1.86. The number of nitrogens with zero attached hydrogens (tertiary/aromatic N) is 4. The van der Waals surface area contributed by atoms with E-state index in [4.69, 9.17) is 11.6 Å². The van der Waals surface area contributed by atoms with E-state index in [1.165, 1.54) is 17.7 Å². The van der Waals surface area contributed by atoms with Gasteiger partial charge < -0.3 is 15.1 Å². The molecule has 2 aromatic rings. The number of hydrogen-bond acceptors (Lipinski definition) is 6. The molecule has 0 atom stereocenters. The Bertz CT molecular complexity index is 679. The van der Waals surface area contributed by atoms with Crippen LogP contribution in [0.2, 0.25) is 5.15 Å². The van der Waals surface area contributed by atoms with Gasteiger partial charge in [-0.3, -0.25) is 4.79 Å². The van der Waals surface area contributed by atoms with E-state index in [2.05, 4.69) is 20.2 Å². The fraction of sp³-hybridized carbons (Fsp3) is 0.400. The highest BCUT2D eigenvalue weighted by Crippen LogP contribution is 2.29. The van der Waals surface area contributed by atoms with Gasteiger partial charge in [-0.2, -0.15) is 0 Å². The summed E-state index contributed by atoms with van der Waals surface area (Å²) in [7, 11) is 1.80. The summed E-state index contributed by atoms with van der Waals surface area (Å²) in [5, 5.41) is 5.40. The molecule has 1 saturated heterocycles. The van der Waals surface area contributed by atoms with Crippen molar-refractivity contribution in [1.82, 2.24) is 14.9 Å². The molecule has 1 N–H and O–H groups in total. The molecule has 1 fully saturated rings. The third-order valence-corrected chi connectivity index (χ3v) is 4.99. The molecule has 6 nitrogen and oxygen atoms in total. The highest BCUT2D eigenvalue weighted by Gasteiger charge is 2.23. The lowest BCUT2D eigenvalue weighted by Crippen LogP contribution is -2.35. The number of carbonyl (C=O) groups excluding carboxylic acids is 1. The summed E-state index contributed by atoms with van der Waals surface area (Å²) in [4.78, 5) is 25.7. The third kappa shape index (κ3) is 3.40. The molecule has 3 heterocycles. The Morgan fingerprint density at radius 2 is 2.17 bits per heavy atom. The van der Waals surface area contributed by atoms with Crippen molar-refractivity contribution in [3.63, 3.8) is 0 Å². The molecule has 0 bridgehead atoms. The highest BCUT2D eigenvalue weighted by atomic mass is 35.5. The maximum atomic E-state index is 12.5. The Kier molecular flexibility index (Phi) is 4.97. The van der Waals surface area contributed by atoms with Crippen molar-refractivity contribution < 1.29 is 4.79 Å². The number of anilines is 2. The number of carbonyl (C=O) groups is 1. The molecule has 23 heavy (non-hydrogen) atoms. The topological polar surface area (TPSA) is 61.4 Å². The minimum absolute atomic E-state index is 0.108. The zero-order valence-electron chi connectivity index (χ0n) is 12.8. The monoisotopic (exact) mass is 351 g/mol. The molecular weight excluding hydrogens is 334 g/mol. The molecule has 3 rings (SSSR count). The van der Waals surface area contributed by atoms with E-state index < -0.39 is 0 Å². The third-order valence-electron chi connectivity index (χ3n) is 3.85.